The number of aliphatic hydroxyl groups excluding tert-OH is 1. The Morgan fingerprint density at radius 2 is 1.96 bits per heavy atom. The second kappa shape index (κ2) is 7.42. The van der Waals surface area contributed by atoms with E-state index in [2.05, 4.69) is 15.5 Å². The minimum Gasteiger partial charge on any atom is -0.392 e. The minimum atomic E-state index is -0.472. The first kappa shape index (κ1) is 17.6. The third kappa shape index (κ3) is 3.82. The van der Waals surface area contributed by atoms with Crippen LogP contribution in [0, 0.1) is 0 Å². The van der Waals surface area contributed by atoms with Crippen LogP contribution in [0.2, 0.25) is 5.02 Å². The maximum atomic E-state index is 9.58. The van der Waals surface area contributed by atoms with Crippen molar-refractivity contribution in [1.82, 2.24) is 14.7 Å². The van der Waals surface area contributed by atoms with Crippen molar-refractivity contribution in [3.8, 4) is 11.3 Å². The summed E-state index contributed by atoms with van der Waals surface area (Å²) in [4.78, 5) is 4.62. The van der Waals surface area contributed by atoms with Gasteiger partial charge < -0.3 is 19.5 Å². The predicted molar refractivity (Wildman–Crippen MR) is 106 cm³/mol. The van der Waals surface area contributed by atoms with Gasteiger partial charge in [-0.1, -0.05) is 41.0 Å². The zero-order valence-corrected chi connectivity index (χ0v) is 15.5. The molecule has 6 nitrogen and oxygen atoms in total. The lowest BCUT2D eigenvalue weighted by molar-refractivity contribution is 0.208. The number of benzene rings is 2. The summed E-state index contributed by atoms with van der Waals surface area (Å²) >= 11 is 5.95. The molecule has 0 bridgehead atoms. The summed E-state index contributed by atoms with van der Waals surface area (Å²) in [6.07, 6.45) is -0.472. The molecule has 0 fully saturated rings. The fourth-order valence-corrected chi connectivity index (χ4v) is 3.04. The normalized spacial score (nSPS) is 12.4. The van der Waals surface area contributed by atoms with E-state index >= 15 is 0 Å². The smallest absolute Gasteiger partial charge is 0.204 e. The number of anilines is 1. The monoisotopic (exact) mass is 382 g/mol. The fraction of sp³-hybridized carbons (Fsp3) is 0.200. The summed E-state index contributed by atoms with van der Waals surface area (Å²) in [6, 6.07) is 17.3. The van der Waals surface area contributed by atoms with E-state index in [-0.39, 0.29) is 0 Å². The van der Waals surface area contributed by atoms with E-state index in [1.54, 1.807) is 6.92 Å². The molecule has 0 aliphatic carbocycles. The van der Waals surface area contributed by atoms with Crippen LogP contribution in [-0.4, -0.2) is 32.5 Å². The lowest BCUT2D eigenvalue weighted by Gasteiger charge is -2.10. The molecule has 4 aromatic rings. The fourth-order valence-electron chi connectivity index (χ4n) is 2.91. The lowest BCUT2D eigenvalue weighted by Crippen LogP contribution is -2.18. The molecule has 4 rings (SSSR count). The molecule has 2 N–H and O–H groups in total. The molecule has 7 heteroatoms. The molecule has 0 aliphatic rings. The van der Waals surface area contributed by atoms with Gasteiger partial charge in [-0.25, -0.2) is 4.98 Å². The van der Waals surface area contributed by atoms with E-state index in [1.807, 2.05) is 59.2 Å². The number of nitrogens with zero attached hydrogens (tertiary/aromatic N) is 3. The van der Waals surface area contributed by atoms with Gasteiger partial charge in [0.15, 0.2) is 5.76 Å². The minimum absolute atomic E-state index is 0.412. The number of aliphatic hydroxyl groups is 1. The Bertz CT molecular complexity index is 1050. The third-order valence-corrected chi connectivity index (χ3v) is 4.48. The van der Waals surface area contributed by atoms with Crippen molar-refractivity contribution in [3.05, 3.63) is 65.4 Å². The van der Waals surface area contributed by atoms with Crippen molar-refractivity contribution in [2.24, 2.45) is 0 Å². The van der Waals surface area contributed by atoms with Crippen molar-refractivity contribution >= 4 is 28.6 Å². The van der Waals surface area contributed by atoms with Crippen LogP contribution in [-0.2, 0) is 6.54 Å². The first-order valence-corrected chi connectivity index (χ1v) is 9.06. The van der Waals surface area contributed by atoms with Crippen LogP contribution in [0.4, 0.5) is 5.95 Å². The summed E-state index contributed by atoms with van der Waals surface area (Å²) in [5.41, 5.74) is 3.56. The Balaban J connectivity index is 1.64. The maximum Gasteiger partial charge on any atom is 0.204 e. The van der Waals surface area contributed by atoms with Crippen molar-refractivity contribution < 1.29 is 9.63 Å². The van der Waals surface area contributed by atoms with Gasteiger partial charge in [0.1, 0.15) is 5.69 Å². The standard InChI is InChI=1S/C20H19ClN4O2/c1-13(26)11-22-20-23-17-4-2-3-5-19(17)25(20)12-16-10-18(24-27-16)14-6-8-15(21)9-7-14/h2-10,13,26H,11-12H2,1H3,(H,22,23). The summed E-state index contributed by atoms with van der Waals surface area (Å²) in [7, 11) is 0. The number of para-hydroxylation sites is 2. The van der Waals surface area contributed by atoms with Crippen molar-refractivity contribution in [3.63, 3.8) is 0 Å². The molecular weight excluding hydrogens is 364 g/mol. The van der Waals surface area contributed by atoms with Gasteiger partial charge in [0.25, 0.3) is 0 Å². The van der Waals surface area contributed by atoms with Crippen LogP contribution < -0.4 is 5.32 Å². The Hall–Kier alpha value is -2.83. The molecule has 0 saturated heterocycles. The average Bonchev–Trinajstić information content (AvgIpc) is 3.26. The predicted octanol–water partition coefficient (Wildman–Crippen LogP) is 4.19. The van der Waals surface area contributed by atoms with Crippen molar-refractivity contribution in [2.45, 2.75) is 19.6 Å². The number of nitrogens with one attached hydrogen (secondary N) is 1. The lowest BCUT2D eigenvalue weighted by atomic mass is 10.1. The van der Waals surface area contributed by atoms with Crippen molar-refractivity contribution in [1.29, 1.82) is 0 Å². The topological polar surface area (TPSA) is 76.1 Å². The van der Waals surface area contributed by atoms with Crippen LogP contribution in [0.1, 0.15) is 12.7 Å². The zero-order chi connectivity index (χ0) is 18.8. The van der Waals surface area contributed by atoms with Gasteiger partial charge >= 0.3 is 0 Å². The first-order chi connectivity index (χ1) is 13.1. The molecule has 2 aromatic heterocycles. The van der Waals surface area contributed by atoms with E-state index < -0.39 is 6.10 Å². The molecule has 2 heterocycles. The van der Waals surface area contributed by atoms with Crippen LogP contribution in [0.25, 0.3) is 22.3 Å². The Kier molecular flexibility index (Phi) is 4.83. The largest absolute Gasteiger partial charge is 0.392 e. The number of hydrogen-bond donors (Lipinski definition) is 2. The van der Waals surface area contributed by atoms with Gasteiger partial charge in [-0.05, 0) is 31.2 Å². The summed E-state index contributed by atoms with van der Waals surface area (Å²) < 4.78 is 7.56. The van der Waals surface area contributed by atoms with Crippen LogP contribution in [0.3, 0.4) is 0 Å². The summed E-state index contributed by atoms with van der Waals surface area (Å²) in [5, 5.41) is 17.6. The molecule has 0 amide bonds. The van der Waals surface area contributed by atoms with E-state index in [0.29, 0.717) is 29.8 Å². The number of aromatic nitrogens is 3. The number of rotatable bonds is 6. The number of hydrogen-bond acceptors (Lipinski definition) is 5. The number of halogens is 1. The first-order valence-electron chi connectivity index (χ1n) is 8.69. The average molecular weight is 383 g/mol. The Labute approximate surface area is 161 Å². The second-order valence-corrected chi connectivity index (χ2v) is 6.86. The third-order valence-electron chi connectivity index (χ3n) is 4.22. The highest BCUT2D eigenvalue weighted by Crippen LogP contribution is 2.24. The molecule has 0 spiro atoms. The maximum absolute atomic E-state index is 9.58. The van der Waals surface area contributed by atoms with Gasteiger partial charge in [-0.2, -0.15) is 0 Å². The summed E-state index contributed by atoms with van der Waals surface area (Å²) in [6.45, 7) is 2.62. The highest BCUT2D eigenvalue weighted by Gasteiger charge is 2.14. The van der Waals surface area contributed by atoms with Crippen molar-refractivity contribution in [2.75, 3.05) is 11.9 Å². The molecule has 2 aromatic carbocycles. The zero-order valence-electron chi connectivity index (χ0n) is 14.8. The van der Waals surface area contributed by atoms with E-state index in [9.17, 15) is 5.11 Å². The highest BCUT2D eigenvalue weighted by molar-refractivity contribution is 6.30. The van der Waals surface area contributed by atoms with Gasteiger partial charge in [-0.3, -0.25) is 0 Å². The number of fused-ring (bicyclic) bond motifs is 1. The van der Waals surface area contributed by atoms with E-state index in [1.165, 1.54) is 0 Å². The molecule has 0 aliphatic heterocycles. The highest BCUT2D eigenvalue weighted by atomic mass is 35.5. The molecule has 0 radical (unpaired) electrons. The van der Waals surface area contributed by atoms with Crippen LogP contribution >= 0.6 is 11.6 Å². The Morgan fingerprint density at radius 1 is 1.19 bits per heavy atom. The van der Waals surface area contributed by atoms with E-state index in [4.69, 9.17) is 16.1 Å². The quantitative estimate of drug-likeness (QED) is 0.523. The van der Waals surface area contributed by atoms with E-state index in [0.717, 1.165) is 22.3 Å². The number of imidazole rings is 1. The van der Waals surface area contributed by atoms with Crippen LogP contribution in [0.5, 0.6) is 0 Å². The Morgan fingerprint density at radius 3 is 2.74 bits per heavy atom. The molecular formula is C20H19ClN4O2. The SMILES string of the molecule is CC(O)CNc1nc2ccccc2n1Cc1cc(-c2ccc(Cl)cc2)no1. The van der Waals surface area contributed by atoms with Gasteiger partial charge in [0, 0.05) is 23.2 Å². The molecule has 1 unspecified atom stereocenters. The second-order valence-electron chi connectivity index (χ2n) is 6.43. The molecule has 0 saturated carbocycles. The van der Waals surface area contributed by atoms with Crippen LogP contribution in [0.15, 0.2) is 59.1 Å². The van der Waals surface area contributed by atoms with Gasteiger partial charge in [0.05, 0.1) is 23.7 Å². The van der Waals surface area contributed by atoms with Gasteiger partial charge in [0.2, 0.25) is 5.95 Å². The van der Waals surface area contributed by atoms with Gasteiger partial charge in [-0.15, -0.1) is 0 Å². The summed E-state index contributed by atoms with van der Waals surface area (Å²) in [5.74, 6) is 1.39. The molecule has 138 valence electrons. The molecule has 27 heavy (non-hydrogen) atoms. The molecule has 1 atom stereocenters.